The highest BCUT2D eigenvalue weighted by Crippen LogP contribution is 2.43. The molecule has 30 heavy (non-hydrogen) atoms. The van der Waals surface area contributed by atoms with E-state index in [1.165, 1.54) is 0 Å². The van der Waals surface area contributed by atoms with Crippen LogP contribution in [0.1, 0.15) is 30.0 Å². The minimum atomic E-state index is -1.11. The van der Waals surface area contributed by atoms with Gasteiger partial charge in [0, 0.05) is 23.1 Å². The maximum absolute atomic E-state index is 14.9. The predicted octanol–water partition coefficient (Wildman–Crippen LogP) is 6.98. The van der Waals surface area contributed by atoms with Crippen molar-refractivity contribution in [2.45, 2.75) is 26.2 Å². The molecule has 1 aliphatic rings. The first-order valence-corrected chi connectivity index (χ1v) is 9.86. The van der Waals surface area contributed by atoms with Gasteiger partial charge in [0.2, 0.25) is 5.82 Å². The van der Waals surface area contributed by atoms with Crippen molar-refractivity contribution < 1.29 is 22.6 Å². The van der Waals surface area contributed by atoms with E-state index in [4.69, 9.17) is 9.47 Å². The summed E-state index contributed by atoms with van der Waals surface area (Å²) in [4.78, 5) is 0. The topological polar surface area (TPSA) is 18.5 Å². The second kappa shape index (κ2) is 8.27. The number of hydrogen-bond donors (Lipinski definition) is 0. The molecule has 1 aliphatic heterocycles. The van der Waals surface area contributed by atoms with Crippen LogP contribution < -0.4 is 9.47 Å². The van der Waals surface area contributed by atoms with Crippen LogP contribution >= 0.6 is 0 Å². The highest BCUT2D eigenvalue weighted by atomic mass is 19.2. The Hall–Kier alpha value is -3.21. The Labute approximate surface area is 173 Å². The molecule has 0 aromatic heterocycles. The third-order valence-corrected chi connectivity index (χ3v) is 5.13. The summed E-state index contributed by atoms with van der Waals surface area (Å²) >= 11 is 0. The largest absolute Gasteiger partial charge is 0.490 e. The van der Waals surface area contributed by atoms with Crippen molar-refractivity contribution in [2.75, 3.05) is 6.61 Å². The SMILES string of the molecule is C=CCOc1ccc(-c2cc3c(c(F)c2F)Oc2c(ccc(CCC)c2F)C3)cc1. The molecular weight excluding hydrogens is 389 g/mol. The Balaban J connectivity index is 1.71. The molecule has 0 spiro atoms. The van der Waals surface area contributed by atoms with Crippen molar-refractivity contribution in [3.05, 3.63) is 89.3 Å². The lowest BCUT2D eigenvalue weighted by atomic mass is 9.94. The summed E-state index contributed by atoms with van der Waals surface area (Å²) in [5.74, 6) is -2.29. The van der Waals surface area contributed by atoms with E-state index in [1.54, 1.807) is 48.5 Å². The lowest BCUT2D eigenvalue weighted by molar-refractivity contribution is 0.363. The van der Waals surface area contributed by atoms with E-state index < -0.39 is 17.5 Å². The van der Waals surface area contributed by atoms with Crippen molar-refractivity contribution >= 4 is 0 Å². The van der Waals surface area contributed by atoms with Gasteiger partial charge in [0.15, 0.2) is 23.1 Å². The van der Waals surface area contributed by atoms with Crippen LogP contribution in [0.4, 0.5) is 13.2 Å². The van der Waals surface area contributed by atoms with E-state index in [0.717, 1.165) is 6.42 Å². The number of halogens is 3. The summed E-state index contributed by atoms with van der Waals surface area (Å²) in [6.07, 6.45) is 3.21. The Morgan fingerprint density at radius 2 is 1.70 bits per heavy atom. The predicted molar refractivity (Wildman–Crippen MR) is 111 cm³/mol. The third kappa shape index (κ3) is 3.56. The van der Waals surface area contributed by atoms with Crippen LogP contribution in [0, 0.1) is 17.5 Å². The van der Waals surface area contributed by atoms with E-state index in [9.17, 15) is 13.2 Å². The zero-order valence-corrected chi connectivity index (χ0v) is 16.6. The van der Waals surface area contributed by atoms with Crippen LogP contribution in [0.25, 0.3) is 11.1 Å². The van der Waals surface area contributed by atoms with Crippen molar-refractivity contribution in [2.24, 2.45) is 0 Å². The van der Waals surface area contributed by atoms with Gasteiger partial charge in [0.1, 0.15) is 12.4 Å². The summed E-state index contributed by atoms with van der Waals surface area (Å²) in [6, 6.07) is 11.8. The second-order valence-corrected chi connectivity index (χ2v) is 7.22. The smallest absolute Gasteiger partial charge is 0.202 e. The lowest BCUT2D eigenvalue weighted by Gasteiger charge is -2.23. The molecule has 0 saturated heterocycles. The molecule has 2 nitrogen and oxygen atoms in total. The normalized spacial score (nSPS) is 12.0. The maximum Gasteiger partial charge on any atom is 0.202 e. The van der Waals surface area contributed by atoms with Crippen LogP contribution in [0.2, 0.25) is 0 Å². The molecule has 0 N–H and O–H groups in total. The first-order chi connectivity index (χ1) is 14.5. The summed E-state index contributed by atoms with van der Waals surface area (Å²) in [7, 11) is 0. The molecule has 0 bridgehead atoms. The molecule has 3 aromatic rings. The molecule has 154 valence electrons. The van der Waals surface area contributed by atoms with Crippen molar-refractivity contribution in [1.29, 1.82) is 0 Å². The number of benzene rings is 3. The highest BCUT2D eigenvalue weighted by molar-refractivity contribution is 5.69. The molecule has 0 radical (unpaired) electrons. The third-order valence-electron chi connectivity index (χ3n) is 5.13. The summed E-state index contributed by atoms with van der Waals surface area (Å²) < 4.78 is 55.5. The van der Waals surface area contributed by atoms with Crippen LogP contribution in [0.3, 0.4) is 0 Å². The lowest BCUT2D eigenvalue weighted by Crippen LogP contribution is -2.10. The van der Waals surface area contributed by atoms with E-state index in [0.29, 0.717) is 41.0 Å². The van der Waals surface area contributed by atoms with Gasteiger partial charge in [-0.3, -0.25) is 0 Å². The molecule has 1 heterocycles. The number of fused-ring (bicyclic) bond motifs is 2. The van der Waals surface area contributed by atoms with Crippen LogP contribution in [-0.4, -0.2) is 6.61 Å². The van der Waals surface area contributed by atoms with Crippen molar-refractivity contribution in [1.82, 2.24) is 0 Å². The Morgan fingerprint density at radius 3 is 2.40 bits per heavy atom. The molecule has 0 unspecified atom stereocenters. The van der Waals surface area contributed by atoms with E-state index in [1.807, 2.05) is 6.92 Å². The fourth-order valence-electron chi connectivity index (χ4n) is 3.66. The minimum absolute atomic E-state index is 0.0109. The van der Waals surface area contributed by atoms with Gasteiger partial charge in [-0.2, -0.15) is 4.39 Å². The maximum atomic E-state index is 14.9. The van der Waals surface area contributed by atoms with Gasteiger partial charge in [-0.1, -0.05) is 50.3 Å². The van der Waals surface area contributed by atoms with Gasteiger partial charge in [-0.15, -0.1) is 0 Å². The van der Waals surface area contributed by atoms with Crippen molar-refractivity contribution in [3.8, 4) is 28.4 Å². The Morgan fingerprint density at radius 1 is 0.967 bits per heavy atom. The minimum Gasteiger partial charge on any atom is -0.490 e. The van der Waals surface area contributed by atoms with Gasteiger partial charge in [-0.05, 0) is 35.7 Å². The zero-order chi connectivity index (χ0) is 21.3. The van der Waals surface area contributed by atoms with Crippen LogP contribution in [-0.2, 0) is 12.8 Å². The summed E-state index contributed by atoms with van der Waals surface area (Å²) in [5, 5.41) is 0. The molecule has 0 amide bonds. The number of hydrogen-bond acceptors (Lipinski definition) is 2. The molecule has 0 saturated carbocycles. The van der Waals surface area contributed by atoms with Gasteiger partial charge in [0.25, 0.3) is 0 Å². The molecule has 0 aliphatic carbocycles. The Kier molecular flexibility index (Phi) is 5.53. The van der Waals surface area contributed by atoms with Crippen molar-refractivity contribution in [3.63, 3.8) is 0 Å². The molecule has 4 rings (SSSR count). The molecule has 3 aromatic carbocycles. The van der Waals surface area contributed by atoms with E-state index in [-0.39, 0.29) is 23.5 Å². The zero-order valence-electron chi connectivity index (χ0n) is 16.6. The summed E-state index contributed by atoms with van der Waals surface area (Å²) in [6.45, 7) is 5.89. The highest BCUT2D eigenvalue weighted by Gasteiger charge is 2.28. The molecular formula is C25H21F3O2. The van der Waals surface area contributed by atoms with E-state index >= 15 is 0 Å². The number of aryl methyl sites for hydroxylation is 1. The standard InChI is InChI=1S/C25H21F3O2/c1-3-5-16-6-7-17-13-18-14-20(15-8-10-19(11-9-15)29-12-4-2)22(27)23(28)25(18)30-24(17)21(16)26/h4,6-11,14H,2-3,5,12-13H2,1H3. The first kappa shape index (κ1) is 20.1. The van der Waals surface area contributed by atoms with Gasteiger partial charge in [0.05, 0.1) is 0 Å². The first-order valence-electron chi connectivity index (χ1n) is 9.86. The number of rotatable bonds is 6. The molecule has 5 heteroatoms. The average Bonchev–Trinajstić information content (AvgIpc) is 2.76. The second-order valence-electron chi connectivity index (χ2n) is 7.22. The van der Waals surface area contributed by atoms with Gasteiger partial charge in [-0.25, -0.2) is 8.78 Å². The fourth-order valence-corrected chi connectivity index (χ4v) is 3.66. The average molecular weight is 410 g/mol. The molecule has 0 fully saturated rings. The van der Waals surface area contributed by atoms with Crippen LogP contribution in [0.5, 0.6) is 17.2 Å². The quantitative estimate of drug-likeness (QED) is 0.319. The number of ether oxygens (including phenoxy) is 2. The molecule has 0 atom stereocenters. The fraction of sp³-hybridized carbons (Fsp3) is 0.200. The van der Waals surface area contributed by atoms with Crippen LogP contribution in [0.15, 0.2) is 55.1 Å². The monoisotopic (exact) mass is 410 g/mol. The van der Waals surface area contributed by atoms with Gasteiger partial charge < -0.3 is 9.47 Å². The Bertz CT molecular complexity index is 1100. The van der Waals surface area contributed by atoms with E-state index in [2.05, 4.69) is 6.58 Å². The van der Waals surface area contributed by atoms with Gasteiger partial charge >= 0.3 is 0 Å². The summed E-state index contributed by atoms with van der Waals surface area (Å²) in [5.41, 5.74) is 2.24.